The number of nitrogens with one attached hydrogen (secondary N) is 1. The third-order valence-corrected chi connectivity index (χ3v) is 2.07. The quantitative estimate of drug-likeness (QED) is 0.774. The Kier molecular flexibility index (Phi) is 3.59. The number of benzene rings is 1. The highest BCUT2D eigenvalue weighted by Crippen LogP contribution is 2.21. The standard InChI is InChI=1S/C11H10ClNO2/c1-3-7(2)13-10-6-8(12)4-5-9(10)11(14)15/h1,4-7,13H,2H3,(H,14,15). The van der Waals surface area contributed by atoms with Crippen LogP contribution in [0.4, 0.5) is 5.69 Å². The van der Waals surface area contributed by atoms with E-state index < -0.39 is 5.97 Å². The second kappa shape index (κ2) is 4.72. The maximum absolute atomic E-state index is 10.9. The van der Waals surface area contributed by atoms with Gasteiger partial charge in [-0.15, -0.1) is 6.42 Å². The highest BCUT2D eigenvalue weighted by molar-refractivity contribution is 6.31. The van der Waals surface area contributed by atoms with Gasteiger partial charge in [0.1, 0.15) is 0 Å². The molecule has 0 fully saturated rings. The van der Waals surface area contributed by atoms with Crippen LogP contribution in [0.5, 0.6) is 0 Å². The monoisotopic (exact) mass is 223 g/mol. The van der Waals surface area contributed by atoms with E-state index in [1.165, 1.54) is 12.1 Å². The van der Waals surface area contributed by atoms with Gasteiger partial charge in [-0.25, -0.2) is 4.79 Å². The summed E-state index contributed by atoms with van der Waals surface area (Å²) < 4.78 is 0. The first-order valence-corrected chi connectivity index (χ1v) is 4.68. The summed E-state index contributed by atoms with van der Waals surface area (Å²) in [7, 11) is 0. The highest BCUT2D eigenvalue weighted by atomic mass is 35.5. The van der Waals surface area contributed by atoms with E-state index in [0.29, 0.717) is 10.7 Å². The molecule has 0 aliphatic heterocycles. The Labute approximate surface area is 93.1 Å². The van der Waals surface area contributed by atoms with E-state index in [-0.39, 0.29) is 11.6 Å². The van der Waals surface area contributed by atoms with E-state index in [1.807, 2.05) is 0 Å². The summed E-state index contributed by atoms with van der Waals surface area (Å²) in [5, 5.41) is 12.3. The SMILES string of the molecule is C#CC(C)Nc1cc(Cl)ccc1C(=O)O. The van der Waals surface area contributed by atoms with E-state index >= 15 is 0 Å². The van der Waals surface area contributed by atoms with Crippen molar-refractivity contribution < 1.29 is 9.90 Å². The van der Waals surface area contributed by atoms with Crippen molar-refractivity contribution in [1.29, 1.82) is 0 Å². The molecule has 0 amide bonds. The Morgan fingerprint density at radius 2 is 2.33 bits per heavy atom. The second-order valence-electron chi connectivity index (χ2n) is 3.03. The first kappa shape index (κ1) is 11.4. The molecule has 0 aliphatic rings. The lowest BCUT2D eigenvalue weighted by Gasteiger charge is -2.12. The summed E-state index contributed by atoms with van der Waals surface area (Å²) in [6.07, 6.45) is 5.19. The zero-order valence-corrected chi connectivity index (χ0v) is 8.88. The summed E-state index contributed by atoms with van der Waals surface area (Å²) in [6.45, 7) is 1.76. The molecule has 4 heteroatoms. The number of anilines is 1. The van der Waals surface area contributed by atoms with Crippen molar-refractivity contribution in [2.24, 2.45) is 0 Å². The maximum Gasteiger partial charge on any atom is 0.337 e. The Morgan fingerprint density at radius 1 is 1.67 bits per heavy atom. The summed E-state index contributed by atoms with van der Waals surface area (Å²) in [6, 6.07) is 4.26. The van der Waals surface area contributed by atoms with E-state index in [2.05, 4.69) is 11.2 Å². The first-order valence-electron chi connectivity index (χ1n) is 4.30. The van der Waals surface area contributed by atoms with Crippen molar-refractivity contribution >= 4 is 23.3 Å². The molecule has 0 saturated heterocycles. The predicted molar refractivity (Wildman–Crippen MR) is 60.3 cm³/mol. The number of rotatable bonds is 3. The molecule has 3 nitrogen and oxygen atoms in total. The fourth-order valence-electron chi connectivity index (χ4n) is 1.10. The third kappa shape index (κ3) is 2.90. The molecule has 1 atom stereocenters. The number of terminal acetylenes is 1. The Bertz CT molecular complexity index is 423. The van der Waals surface area contributed by atoms with Gasteiger partial charge in [-0.3, -0.25) is 0 Å². The summed E-state index contributed by atoms with van der Waals surface area (Å²) in [4.78, 5) is 10.9. The van der Waals surface area contributed by atoms with Crippen LogP contribution in [0.1, 0.15) is 17.3 Å². The summed E-state index contributed by atoms with van der Waals surface area (Å²) >= 11 is 5.76. The minimum absolute atomic E-state index is 0.154. The van der Waals surface area contributed by atoms with Gasteiger partial charge in [0.25, 0.3) is 0 Å². The smallest absolute Gasteiger partial charge is 0.337 e. The fraction of sp³-hybridized carbons (Fsp3) is 0.182. The van der Waals surface area contributed by atoms with Gasteiger partial charge in [0.15, 0.2) is 0 Å². The fourth-order valence-corrected chi connectivity index (χ4v) is 1.27. The maximum atomic E-state index is 10.9. The zero-order chi connectivity index (χ0) is 11.4. The molecule has 0 aromatic heterocycles. The molecule has 1 unspecified atom stereocenters. The molecular formula is C11H10ClNO2. The highest BCUT2D eigenvalue weighted by Gasteiger charge is 2.11. The largest absolute Gasteiger partial charge is 0.478 e. The van der Waals surface area contributed by atoms with Gasteiger partial charge in [0.05, 0.1) is 17.3 Å². The number of aromatic carboxylic acids is 1. The number of halogens is 1. The number of carbonyl (C=O) groups is 1. The minimum atomic E-state index is -1.02. The lowest BCUT2D eigenvalue weighted by atomic mass is 10.1. The van der Waals surface area contributed by atoms with E-state index in [4.69, 9.17) is 23.1 Å². The molecule has 1 aromatic carbocycles. The summed E-state index contributed by atoms with van der Waals surface area (Å²) in [5.41, 5.74) is 0.585. The minimum Gasteiger partial charge on any atom is -0.478 e. The molecule has 2 N–H and O–H groups in total. The lowest BCUT2D eigenvalue weighted by Crippen LogP contribution is -2.15. The number of carboxylic acid groups (broad SMARTS) is 1. The number of hydrogen-bond acceptors (Lipinski definition) is 2. The normalized spacial score (nSPS) is 11.5. The second-order valence-corrected chi connectivity index (χ2v) is 3.46. The average Bonchev–Trinajstić information content (AvgIpc) is 2.17. The molecule has 0 aliphatic carbocycles. The molecule has 0 spiro atoms. The first-order chi connectivity index (χ1) is 7.04. The van der Waals surface area contributed by atoms with Gasteiger partial charge in [0.2, 0.25) is 0 Å². The Hall–Kier alpha value is -1.66. The van der Waals surface area contributed by atoms with Crippen molar-refractivity contribution in [2.75, 3.05) is 5.32 Å². The van der Waals surface area contributed by atoms with Crippen LogP contribution in [-0.4, -0.2) is 17.1 Å². The summed E-state index contributed by atoms with van der Waals surface area (Å²) in [5.74, 6) is 1.44. The van der Waals surface area contributed by atoms with Crippen LogP contribution in [0.15, 0.2) is 18.2 Å². The van der Waals surface area contributed by atoms with Crippen molar-refractivity contribution in [1.82, 2.24) is 0 Å². The molecule has 1 aromatic rings. The lowest BCUT2D eigenvalue weighted by molar-refractivity contribution is 0.0698. The molecular weight excluding hydrogens is 214 g/mol. The van der Waals surface area contributed by atoms with Gasteiger partial charge >= 0.3 is 5.97 Å². The van der Waals surface area contributed by atoms with Crippen LogP contribution < -0.4 is 5.32 Å². The van der Waals surface area contributed by atoms with Crippen LogP contribution in [0.2, 0.25) is 5.02 Å². The van der Waals surface area contributed by atoms with Gasteiger partial charge in [-0.05, 0) is 25.1 Å². The van der Waals surface area contributed by atoms with Crippen LogP contribution in [0.25, 0.3) is 0 Å². The third-order valence-electron chi connectivity index (χ3n) is 1.83. The Balaban J connectivity index is 3.08. The molecule has 0 radical (unpaired) electrons. The van der Waals surface area contributed by atoms with Crippen molar-refractivity contribution in [2.45, 2.75) is 13.0 Å². The van der Waals surface area contributed by atoms with Gasteiger partial charge in [-0.1, -0.05) is 17.5 Å². The van der Waals surface area contributed by atoms with Gasteiger partial charge in [-0.2, -0.15) is 0 Å². The topological polar surface area (TPSA) is 49.3 Å². The zero-order valence-electron chi connectivity index (χ0n) is 8.12. The molecule has 0 bridgehead atoms. The van der Waals surface area contributed by atoms with E-state index in [1.54, 1.807) is 13.0 Å². The van der Waals surface area contributed by atoms with Crippen LogP contribution in [0.3, 0.4) is 0 Å². The van der Waals surface area contributed by atoms with E-state index in [9.17, 15) is 4.79 Å². The molecule has 78 valence electrons. The van der Waals surface area contributed by atoms with Crippen LogP contribution >= 0.6 is 11.6 Å². The predicted octanol–water partition coefficient (Wildman–Crippen LogP) is 2.47. The molecule has 15 heavy (non-hydrogen) atoms. The molecule has 0 saturated carbocycles. The Morgan fingerprint density at radius 3 is 2.87 bits per heavy atom. The van der Waals surface area contributed by atoms with Crippen LogP contribution in [0, 0.1) is 12.3 Å². The van der Waals surface area contributed by atoms with E-state index in [0.717, 1.165) is 0 Å². The van der Waals surface area contributed by atoms with Crippen molar-refractivity contribution in [3.63, 3.8) is 0 Å². The number of hydrogen-bond donors (Lipinski definition) is 2. The van der Waals surface area contributed by atoms with Gasteiger partial charge in [0, 0.05) is 5.02 Å². The van der Waals surface area contributed by atoms with Gasteiger partial charge < -0.3 is 10.4 Å². The molecule has 1 rings (SSSR count). The number of carboxylic acids is 1. The van der Waals surface area contributed by atoms with Crippen LogP contribution in [-0.2, 0) is 0 Å². The van der Waals surface area contributed by atoms with Crippen molar-refractivity contribution in [3.05, 3.63) is 28.8 Å². The average molecular weight is 224 g/mol. The van der Waals surface area contributed by atoms with Crippen molar-refractivity contribution in [3.8, 4) is 12.3 Å². The molecule has 0 heterocycles.